The van der Waals surface area contributed by atoms with E-state index in [-0.39, 0.29) is 24.0 Å². The maximum absolute atomic E-state index is 11.7. The number of esters is 2. The maximum Gasteiger partial charge on any atom is 0.315 e. The summed E-state index contributed by atoms with van der Waals surface area (Å²) in [7, 11) is 0. The Bertz CT molecular complexity index is 253. The van der Waals surface area contributed by atoms with Crippen molar-refractivity contribution < 1.29 is 19.1 Å². The van der Waals surface area contributed by atoms with Gasteiger partial charge in [0.05, 0.1) is 24.4 Å². The molecule has 106 valence electrons. The molecule has 0 bridgehead atoms. The van der Waals surface area contributed by atoms with Crippen molar-refractivity contribution in [2.45, 2.75) is 46.6 Å². The molecular formula is C13H24O4S. The second-order valence-electron chi connectivity index (χ2n) is 4.33. The number of carbonyl (C=O) groups is 2. The normalized spacial score (nSPS) is 12.3. The van der Waals surface area contributed by atoms with E-state index in [1.54, 1.807) is 0 Å². The molecule has 0 aliphatic carbocycles. The van der Waals surface area contributed by atoms with E-state index in [1.807, 2.05) is 27.7 Å². The summed E-state index contributed by atoms with van der Waals surface area (Å²) in [6, 6.07) is 0. The predicted molar refractivity (Wildman–Crippen MR) is 73.6 cm³/mol. The molecule has 0 radical (unpaired) electrons. The monoisotopic (exact) mass is 276 g/mol. The zero-order valence-corrected chi connectivity index (χ0v) is 12.5. The van der Waals surface area contributed by atoms with E-state index in [0.717, 1.165) is 12.8 Å². The van der Waals surface area contributed by atoms with Crippen LogP contribution in [0.2, 0.25) is 0 Å². The molecule has 0 fully saturated rings. The molecule has 0 aromatic heterocycles. The van der Waals surface area contributed by atoms with Crippen molar-refractivity contribution >= 4 is 23.7 Å². The summed E-state index contributed by atoms with van der Waals surface area (Å²) in [4.78, 5) is 22.9. The van der Waals surface area contributed by atoms with Crippen LogP contribution in [-0.4, -0.2) is 36.2 Å². The smallest absolute Gasteiger partial charge is 0.315 e. The van der Waals surface area contributed by atoms with Crippen molar-refractivity contribution in [1.29, 1.82) is 0 Å². The fraction of sp³-hybridized carbons (Fsp3) is 0.846. The first-order chi connectivity index (χ1) is 8.51. The summed E-state index contributed by atoms with van der Waals surface area (Å²) in [5, 5.41) is 0. The topological polar surface area (TPSA) is 52.6 Å². The molecule has 0 aliphatic rings. The molecule has 18 heavy (non-hydrogen) atoms. The Hall–Kier alpha value is -0.710. The van der Waals surface area contributed by atoms with Crippen LogP contribution in [0.4, 0.5) is 0 Å². The Morgan fingerprint density at radius 3 is 2.39 bits per heavy atom. The van der Waals surface area contributed by atoms with Crippen molar-refractivity contribution in [3.63, 3.8) is 0 Å². The van der Waals surface area contributed by atoms with Crippen LogP contribution in [0, 0.1) is 5.92 Å². The first-order valence-corrected chi connectivity index (χ1v) is 7.60. The molecule has 4 nitrogen and oxygen atoms in total. The van der Waals surface area contributed by atoms with Crippen LogP contribution in [0.5, 0.6) is 0 Å². The van der Waals surface area contributed by atoms with Gasteiger partial charge in [0.1, 0.15) is 0 Å². The third kappa shape index (κ3) is 8.39. The Morgan fingerprint density at radius 2 is 1.89 bits per heavy atom. The van der Waals surface area contributed by atoms with E-state index >= 15 is 0 Å². The van der Waals surface area contributed by atoms with Crippen molar-refractivity contribution in [3.8, 4) is 0 Å². The van der Waals surface area contributed by atoms with Crippen LogP contribution in [0.15, 0.2) is 0 Å². The lowest BCUT2D eigenvalue weighted by molar-refractivity contribution is -0.151. The van der Waals surface area contributed by atoms with Gasteiger partial charge in [0.15, 0.2) is 0 Å². The SMILES string of the molecule is CCCOC(=O)CSCC(CC)C(=O)OC(C)C. The molecule has 0 spiro atoms. The summed E-state index contributed by atoms with van der Waals surface area (Å²) in [5.74, 6) is 0.363. The highest BCUT2D eigenvalue weighted by atomic mass is 32.2. The summed E-state index contributed by atoms with van der Waals surface area (Å²) in [5.41, 5.74) is 0. The lowest BCUT2D eigenvalue weighted by Crippen LogP contribution is -2.23. The van der Waals surface area contributed by atoms with E-state index in [0.29, 0.717) is 18.1 Å². The second-order valence-corrected chi connectivity index (χ2v) is 5.36. The van der Waals surface area contributed by atoms with Gasteiger partial charge in [0, 0.05) is 5.75 Å². The Labute approximate surface area is 114 Å². The van der Waals surface area contributed by atoms with Crippen LogP contribution in [-0.2, 0) is 19.1 Å². The van der Waals surface area contributed by atoms with E-state index in [1.165, 1.54) is 11.8 Å². The van der Waals surface area contributed by atoms with Crippen LogP contribution in [0.25, 0.3) is 0 Å². The molecule has 0 aliphatic heterocycles. The molecule has 0 heterocycles. The van der Waals surface area contributed by atoms with E-state index in [9.17, 15) is 9.59 Å². The zero-order chi connectivity index (χ0) is 14.0. The Balaban J connectivity index is 3.86. The van der Waals surface area contributed by atoms with Gasteiger partial charge in [-0.3, -0.25) is 9.59 Å². The van der Waals surface area contributed by atoms with E-state index < -0.39 is 0 Å². The standard InChI is InChI=1S/C13H24O4S/c1-5-7-16-12(14)9-18-8-11(6-2)13(15)17-10(3)4/h10-11H,5-9H2,1-4H3. The molecular weight excluding hydrogens is 252 g/mol. The van der Waals surface area contributed by atoms with Gasteiger partial charge in [-0.05, 0) is 26.7 Å². The van der Waals surface area contributed by atoms with Crippen LogP contribution in [0.3, 0.4) is 0 Å². The lowest BCUT2D eigenvalue weighted by Gasteiger charge is -2.15. The number of hydrogen-bond donors (Lipinski definition) is 0. The average molecular weight is 276 g/mol. The fourth-order valence-corrected chi connectivity index (χ4v) is 2.25. The second kappa shape index (κ2) is 10.2. The van der Waals surface area contributed by atoms with E-state index in [2.05, 4.69) is 0 Å². The highest BCUT2D eigenvalue weighted by Crippen LogP contribution is 2.15. The van der Waals surface area contributed by atoms with E-state index in [4.69, 9.17) is 9.47 Å². The minimum atomic E-state index is -0.214. The predicted octanol–water partition coefficient (Wildman–Crippen LogP) is 2.65. The maximum atomic E-state index is 11.7. The molecule has 0 saturated heterocycles. The molecule has 0 N–H and O–H groups in total. The zero-order valence-electron chi connectivity index (χ0n) is 11.7. The minimum absolute atomic E-state index is 0.0916. The third-order valence-electron chi connectivity index (χ3n) is 2.18. The molecule has 5 heteroatoms. The summed E-state index contributed by atoms with van der Waals surface area (Å²) < 4.78 is 10.1. The minimum Gasteiger partial charge on any atom is -0.465 e. The lowest BCUT2D eigenvalue weighted by atomic mass is 10.1. The van der Waals surface area contributed by atoms with Gasteiger partial charge in [-0.25, -0.2) is 0 Å². The summed E-state index contributed by atoms with van der Waals surface area (Å²) in [6.45, 7) is 8.03. The van der Waals surface area contributed by atoms with Crippen molar-refractivity contribution in [2.75, 3.05) is 18.1 Å². The first kappa shape index (κ1) is 17.3. The van der Waals surface area contributed by atoms with Crippen molar-refractivity contribution in [1.82, 2.24) is 0 Å². The highest BCUT2D eigenvalue weighted by Gasteiger charge is 2.19. The van der Waals surface area contributed by atoms with Crippen molar-refractivity contribution in [3.05, 3.63) is 0 Å². The van der Waals surface area contributed by atoms with Crippen LogP contribution < -0.4 is 0 Å². The third-order valence-corrected chi connectivity index (χ3v) is 3.26. The molecule has 0 aromatic carbocycles. The Kier molecular flexibility index (Phi) is 9.83. The molecule has 0 aromatic rings. The molecule has 0 saturated carbocycles. The summed E-state index contributed by atoms with van der Waals surface area (Å²) >= 11 is 1.42. The highest BCUT2D eigenvalue weighted by molar-refractivity contribution is 7.99. The molecule has 0 rings (SSSR count). The van der Waals surface area contributed by atoms with Gasteiger partial charge in [0.25, 0.3) is 0 Å². The fourth-order valence-electron chi connectivity index (χ4n) is 1.22. The van der Waals surface area contributed by atoms with Gasteiger partial charge >= 0.3 is 11.9 Å². The van der Waals surface area contributed by atoms with Gasteiger partial charge in [-0.15, -0.1) is 11.8 Å². The van der Waals surface area contributed by atoms with Gasteiger partial charge in [0.2, 0.25) is 0 Å². The molecule has 1 atom stereocenters. The van der Waals surface area contributed by atoms with Gasteiger partial charge < -0.3 is 9.47 Å². The number of hydrogen-bond acceptors (Lipinski definition) is 5. The number of carbonyl (C=O) groups excluding carboxylic acids is 2. The summed E-state index contributed by atoms with van der Waals surface area (Å²) in [6.07, 6.45) is 1.46. The number of thioether (sulfide) groups is 1. The molecule has 0 amide bonds. The average Bonchev–Trinajstić information content (AvgIpc) is 2.31. The van der Waals surface area contributed by atoms with Gasteiger partial charge in [-0.1, -0.05) is 13.8 Å². The van der Waals surface area contributed by atoms with Crippen LogP contribution in [0.1, 0.15) is 40.5 Å². The molecule has 1 unspecified atom stereocenters. The Morgan fingerprint density at radius 1 is 1.22 bits per heavy atom. The quantitative estimate of drug-likeness (QED) is 0.606. The van der Waals surface area contributed by atoms with Gasteiger partial charge in [-0.2, -0.15) is 0 Å². The number of rotatable bonds is 9. The first-order valence-electron chi connectivity index (χ1n) is 6.45. The van der Waals surface area contributed by atoms with Crippen molar-refractivity contribution in [2.24, 2.45) is 5.92 Å². The largest absolute Gasteiger partial charge is 0.465 e. The van der Waals surface area contributed by atoms with Crippen LogP contribution >= 0.6 is 11.8 Å². The number of ether oxygens (including phenoxy) is 2.